The average Bonchev–Trinajstić information content (AvgIpc) is 2.91. The van der Waals surface area contributed by atoms with Gasteiger partial charge in [-0.1, -0.05) is 57.9 Å². The van der Waals surface area contributed by atoms with Crippen LogP contribution in [0, 0.1) is 6.92 Å². The summed E-state index contributed by atoms with van der Waals surface area (Å²) in [5.41, 5.74) is 1.41. The van der Waals surface area contributed by atoms with Crippen molar-refractivity contribution < 1.29 is 22.7 Å². The first-order valence-corrected chi connectivity index (χ1v) is 15.6. The number of rotatable bonds is 11. The molecule has 0 bridgehead atoms. The Morgan fingerprint density at radius 2 is 1.59 bits per heavy atom. The third kappa shape index (κ3) is 8.56. The van der Waals surface area contributed by atoms with Crippen molar-refractivity contribution in [3.63, 3.8) is 0 Å². The topological polar surface area (TPSA) is 96.0 Å². The lowest BCUT2D eigenvalue weighted by atomic mass is 10.1. The molecule has 0 spiro atoms. The molecule has 10 heteroatoms. The molecule has 1 N–H and O–H groups in total. The summed E-state index contributed by atoms with van der Waals surface area (Å²) in [6.07, 6.45) is 0. The first-order valence-electron chi connectivity index (χ1n) is 13.4. The van der Waals surface area contributed by atoms with Crippen molar-refractivity contribution in [2.24, 2.45) is 0 Å². The number of para-hydroxylation sites is 2. The number of ether oxygens (including phenoxy) is 1. The molecule has 8 nitrogen and oxygen atoms in total. The zero-order valence-electron chi connectivity index (χ0n) is 24.3. The lowest BCUT2D eigenvalue weighted by Crippen LogP contribution is -2.54. The molecule has 0 saturated carbocycles. The van der Waals surface area contributed by atoms with Crippen LogP contribution in [0.1, 0.15) is 45.7 Å². The normalized spacial score (nSPS) is 12.4. The monoisotopic (exact) mass is 643 g/mol. The number of aryl methyl sites for hydroxylation is 1. The molecule has 0 aliphatic heterocycles. The van der Waals surface area contributed by atoms with Gasteiger partial charge < -0.3 is 15.0 Å². The van der Waals surface area contributed by atoms with Crippen LogP contribution in [0.3, 0.4) is 0 Å². The zero-order chi connectivity index (χ0) is 30.4. The number of nitrogens with one attached hydrogen (secondary N) is 1. The van der Waals surface area contributed by atoms with E-state index in [-0.39, 0.29) is 23.0 Å². The molecule has 3 rings (SSSR count). The molecule has 2 amide bonds. The van der Waals surface area contributed by atoms with Crippen LogP contribution in [-0.2, 0) is 26.2 Å². The summed E-state index contributed by atoms with van der Waals surface area (Å²) in [5, 5.41) is 2.93. The van der Waals surface area contributed by atoms with E-state index in [1.807, 2.05) is 52.0 Å². The van der Waals surface area contributed by atoms with Crippen molar-refractivity contribution in [1.82, 2.24) is 10.2 Å². The molecule has 0 aromatic heterocycles. The van der Waals surface area contributed by atoms with Gasteiger partial charge in [0, 0.05) is 16.6 Å². The molecule has 0 aliphatic carbocycles. The van der Waals surface area contributed by atoms with E-state index in [1.165, 1.54) is 17.0 Å². The second-order valence-corrected chi connectivity index (χ2v) is 13.6. The molecule has 3 aromatic rings. The van der Waals surface area contributed by atoms with Gasteiger partial charge in [0.25, 0.3) is 10.0 Å². The number of anilines is 1. The molecule has 0 heterocycles. The summed E-state index contributed by atoms with van der Waals surface area (Å²) in [7, 11) is -4.19. The number of hydrogen-bond acceptors (Lipinski definition) is 5. The Bertz CT molecular complexity index is 1450. The Labute approximate surface area is 251 Å². The second-order valence-electron chi connectivity index (χ2n) is 10.8. The van der Waals surface area contributed by atoms with E-state index in [0.29, 0.717) is 12.4 Å². The van der Waals surface area contributed by atoms with Crippen LogP contribution in [-0.4, -0.2) is 49.9 Å². The van der Waals surface area contributed by atoms with E-state index in [1.54, 1.807) is 50.2 Å². The molecule has 3 aromatic carbocycles. The summed E-state index contributed by atoms with van der Waals surface area (Å²) >= 11 is 3.42. The van der Waals surface area contributed by atoms with Crippen LogP contribution in [0.5, 0.6) is 5.75 Å². The fourth-order valence-electron chi connectivity index (χ4n) is 4.13. The lowest BCUT2D eigenvalue weighted by molar-refractivity contribution is -0.140. The van der Waals surface area contributed by atoms with Crippen molar-refractivity contribution in [1.29, 1.82) is 0 Å². The summed E-state index contributed by atoms with van der Waals surface area (Å²) < 4.78 is 35.8. The highest BCUT2D eigenvalue weighted by Crippen LogP contribution is 2.33. The fourth-order valence-corrected chi connectivity index (χ4v) is 5.82. The van der Waals surface area contributed by atoms with Gasteiger partial charge in [-0.05, 0) is 83.5 Å². The molecule has 0 saturated heterocycles. The third-order valence-corrected chi connectivity index (χ3v) is 8.56. The minimum absolute atomic E-state index is 0.0418. The molecule has 0 fully saturated rings. The zero-order valence-corrected chi connectivity index (χ0v) is 26.8. The van der Waals surface area contributed by atoms with Gasteiger partial charge in [0.1, 0.15) is 18.3 Å². The van der Waals surface area contributed by atoms with Crippen molar-refractivity contribution >= 4 is 43.5 Å². The molecule has 0 aliphatic rings. The highest BCUT2D eigenvalue weighted by Gasteiger charge is 2.34. The van der Waals surface area contributed by atoms with Crippen LogP contribution < -0.4 is 14.4 Å². The first kappa shape index (κ1) is 32.1. The van der Waals surface area contributed by atoms with Gasteiger partial charge in [0.2, 0.25) is 11.8 Å². The van der Waals surface area contributed by atoms with Crippen LogP contribution in [0.25, 0.3) is 0 Å². The predicted octanol–water partition coefficient (Wildman–Crippen LogP) is 5.68. The number of benzene rings is 3. The standard InChI is InChI=1S/C31H38BrN3O5S/c1-7-40-28-11-9-8-10-27(28)35(41(38,39)26-18-12-22(2)13-19-26)21-29(36)34(20-24-14-16-25(32)17-15-24)23(3)30(37)33-31(4,5)6/h8-19,23H,7,20-21H2,1-6H3,(H,33,37). The molecule has 41 heavy (non-hydrogen) atoms. The van der Waals surface area contributed by atoms with Gasteiger partial charge in [0.05, 0.1) is 17.2 Å². The Hall–Kier alpha value is -3.37. The van der Waals surface area contributed by atoms with Crippen LogP contribution in [0.4, 0.5) is 5.69 Å². The smallest absolute Gasteiger partial charge is 0.264 e. The summed E-state index contributed by atoms with van der Waals surface area (Å²) in [6.45, 7) is 10.8. The summed E-state index contributed by atoms with van der Waals surface area (Å²) in [4.78, 5) is 28.8. The van der Waals surface area contributed by atoms with E-state index >= 15 is 0 Å². The van der Waals surface area contributed by atoms with E-state index in [0.717, 1.165) is 19.9 Å². The molecule has 1 atom stereocenters. The molecular weight excluding hydrogens is 606 g/mol. The number of carbonyl (C=O) groups excluding carboxylic acids is 2. The summed E-state index contributed by atoms with van der Waals surface area (Å²) in [6, 6.07) is 19.7. The maximum absolute atomic E-state index is 14.1. The number of amides is 2. The Kier molecular flexibility index (Phi) is 10.6. The quantitative estimate of drug-likeness (QED) is 0.290. The maximum Gasteiger partial charge on any atom is 0.264 e. The van der Waals surface area contributed by atoms with Crippen LogP contribution in [0.15, 0.2) is 82.2 Å². The Morgan fingerprint density at radius 3 is 2.17 bits per heavy atom. The Balaban J connectivity index is 2.08. The third-order valence-electron chi connectivity index (χ3n) is 6.25. The van der Waals surface area contributed by atoms with Gasteiger partial charge in [-0.3, -0.25) is 13.9 Å². The molecule has 1 unspecified atom stereocenters. The Morgan fingerprint density at radius 1 is 0.976 bits per heavy atom. The van der Waals surface area contributed by atoms with Crippen molar-refractivity contribution in [2.75, 3.05) is 17.5 Å². The van der Waals surface area contributed by atoms with Crippen molar-refractivity contribution in [3.8, 4) is 5.75 Å². The number of halogens is 1. The van der Waals surface area contributed by atoms with Crippen molar-refractivity contribution in [2.45, 2.75) is 64.6 Å². The van der Waals surface area contributed by atoms with Gasteiger partial charge in [-0.2, -0.15) is 0 Å². The SMILES string of the molecule is CCOc1ccccc1N(CC(=O)N(Cc1ccc(Br)cc1)C(C)C(=O)NC(C)(C)C)S(=O)(=O)c1ccc(C)cc1. The molecule has 0 radical (unpaired) electrons. The van der Waals surface area contributed by atoms with Gasteiger partial charge >= 0.3 is 0 Å². The van der Waals surface area contributed by atoms with Gasteiger partial charge in [0.15, 0.2) is 0 Å². The van der Waals surface area contributed by atoms with E-state index in [2.05, 4.69) is 21.2 Å². The van der Waals surface area contributed by atoms with E-state index in [4.69, 9.17) is 4.74 Å². The van der Waals surface area contributed by atoms with Gasteiger partial charge in [-0.15, -0.1) is 0 Å². The van der Waals surface area contributed by atoms with E-state index in [9.17, 15) is 18.0 Å². The largest absolute Gasteiger partial charge is 0.492 e. The van der Waals surface area contributed by atoms with Crippen LogP contribution >= 0.6 is 15.9 Å². The highest BCUT2D eigenvalue weighted by molar-refractivity contribution is 9.10. The molecule has 220 valence electrons. The first-order chi connectivity index (χ1) is 19.2. The fraction of sp³-hybridized carbons (Fsp3) is 0.355. The maximum atomic E-state index is 14.1. The predicted molar refractivity (Wildman–Crippen MR) is 165 cm³/mol. The average molecular weight is 645 g/mol. The lowest BCUT2D eigenvalue weighted by Gasteiger charge is -2.33. The summed E-state index contributed by atoms with van der Waals surface area (Å²) in [5.74, 6) is -0.548. The van der Waals surface area contributed by atoms with Gasteiger partial charge in [-0.25, -0.2) is 8.42 Å². The second kappa shape index (κ2) is 13.5. The number of carbonyl (C=O) groups is 2. The molecular formula is C31H38BrN3O5S. The van der Waals surface area contributed by atoms with Crippen LogP contribution in [0.2, 0.25) is 0 Å². The number of nitrogens with zero attached hydrogens (tertiary/aromatic N) is 2. The highest BCUT2D eigenvalue weighted by atomic mass is 79.9. The van der Waals surface area contributed by atoms with E-state index < -0.39 is 34.1 Å². The van der Waals surface area contributed by atoms with Crippen molar-refractivity contribution in [3.05, 3.63) is 88.4 Å². The number of hydrogen-bond donors (Lipinski definition) is 1. The minimum Gasteiger partial charge on any atom is -0.492 e. The number of sulfonamides is 1. The minimum atomic E-state index is -4.19.